The first-order valence-electron chi connectivity index (χ1n) is 7.51. The van der Waals surface area contributed by atoms with Gasteiger partial charge in [-0.3, -0.25) is 14.6 Å². The number of H-pyrrole nitrogens is 1. The summed E-state index contributed by atoms with van der Waals surface area (Å²) in [4.78, 5) is 6.51. The highest BCUT2D eigenvalue weighted by atomic mass is 32.1. The lowest BCUT2D eigenvalue weighted by molar-refractivity contribution is 0.236. The molecule has 1 aliphatic carbocycles. The van der Waals surface area contributed by atoms with Crippen LogP contribution in [0.4, 0.5) is 0 Å². The van der Waals surface area contributed by atoms with E-state index in [1.54, 1.807) is 12.4 Å². The summed E-state index contributed by atoms with van der Waals surface area (Å²) in [6, 6.07) is 4.65. The molecule has 0 spiro atoms. The highest BCUT2D eigenvalue weighted by molar-refractivity contribution is 7.71. The van der Waals surface area contributed by atoms with Crippen LogP contribution in [0.25, 0.3) is 11.4 Å². The van der Waals surface area contributed by atoms with E-state index < -0.39 is 0 Å². The van der Waals surface area contributed by atoms with Gasteiger partial charge in [-0.2, -0.15) is 5.10 Å². The number of pyridine rings is 1. The van der Waals surface area contributed by atoms with Crippen molar-refractivity contribution in [1.82, 2.24) is 24.6 Å². The van der Waals surface area contributed by atoms with Crippen molar-refractivity contribution in [1.29, 1.82) is 0 Å². The van der Waals surface area contributed by atoms with Crippen molar-refractivity contribution >= 4 is 12.2 Å². The molecule has 0 radical (unpaired) electrons. The highest BCUT2D eigenvalue weighted by Gasteiger charge is 2.19. The van der Waals surface area contributed by atoms with Gasteiger partial charge in [0.15, 0.2) is 10.6 Å². The fourth-order valence-electron chi connectivity index (χ4n) is 3.03. The number of hydrogen-bond acceptors (Lipinski definition) is 4. The third-order valence-corrected chi connectivity index (χ3v) is 4.63. The first-order valence-corrected chi connectivity index (χ1v) is 7.92. The van der Waals surface area contributed by atoms with Gasteiger partial charge in [0, 0.05) is 37.1 Å². The Morgan fingerprint density at radius 1 is 1.33 bits per heavy atom. The number of nitrogens with one attached hydrogen (secondary N) is 1. The van der Waals surface area contributed by atoms with Gasteiger partial charge in [-0.15, -0.1) is 0 Å². The smallest absolute Gasteiger partial charge is 0.195 e. The van der Waals surface area contributed by atoms with Crippen LogP contribution in [0.2, 0.25) is 0 Å². The number of nitrogens with zero attached hydrogens (tertiary/aromatic N) is 4. The van der Waals surface area contributed by atoms with Gasteiger partial charge >= 0.3 is 0 Å². The zero-order valence-electron chi connectivity index (χ0n) is 12.3. The molecule has 0 bridgehead atoms. The summed E-state index contributed by atoms with van der Waals surface area (Å²) in [6.07, 6.45) is 8.93. The second-order valence-corrected chi connectivity index (χ2v) is 6.05. The lowest BCUT2D eigenvalue weighted by Gasteiger charge is -2.24. The number of aromatic amines is 1. The van der Waals surface area contributed by atoms with Gasteiger partial charge in [-0.05, 0) is 44.2 Å². The monoisotopic (exact) mass is 303 g/mol. The molecule has 0 amide bonds. The van der Waals surface area contributed by atoms with Crippen LogP contribution in [-0.4, -0.2) is 44.3 Å². The van der Waals surface area contributed by atoms with E-state index in [4.69, 9.17) is 12.2 Å². The number of likely N-dealkylation sites (N-methyl/N-ethyl adjacent to an activating group) is 1. The van der Waals surface area contributed by atoms with E-state index in [9.17, 15) is 0 Å². The molecule has 0 atom stereocenters. The van der Waals surface area contributed by atoms with Crippen molar-refractivity contribution in [2.75, 3.05) is 13.6 Å². The van der Waals surface area contributed by atoms with Gasteiger partial charge in [0.2, 0.25) is 0 Å². The number of hydrogen-bond donors (Lipinski definition) is 1. The Balaban J connectivity index is 1.73. The predicted octanol–water partition coefficient (Wildman–Crippen LogP) is 2.88. The molecule has 2 aromatic rings. The van der Waals surface area contributed by atoms with Gasteiger partial charge in [0.1, 0.15) is 0 Å². The molecule has 6 heteroatoms. The first kappa shape index (κ1) is 14.4. The molecule has 0 unspecified atom stereocenters. The van der Waals surface area contributed by atoms with E-state index in [1.165, 1.54) is 25.7 Å². The second kappa shape index (κ2) is 6.49. The molecule has 1 saturated carbocycles. The lowest BCUT2D eigenvalue weighted by Crippen LogP contribution is -2.32. The number of rotatable bonds is 5. The molecule has 2 aromatic heterocycles. The van der Waals surface area contributed by atoms with Crippen LogP contribution in [-0.2, 0) is 6.54 Å². The van der Waals surface area contributed by atoms with Gasteiger partial charge < -0.3 is 4.90 Å². The Bertz CT molecular complexity index is 627. The third-order valence-electron chi connectivity index (χ3n) is 4.32. The van der Waals surface area contributed by atoms with E-state index in [0.717, 1.165) is 30.5 Å². The predicted molar refractivity (Wildman–Crippen MR) is 85.5 cm³/mol. The summed E-state index contributed by atoms with van der Waals surface area (Å²) in [7, 11) is 2.21. The summed E-state index contributed by atoms with van der Waals surface area (Å²) in [5.74, 6) is 0.891. The maximum atomic E-state index is 5.37. The van der Waals surface area contributed by atoms with Crippen molar-refractivity contribution in [3.8, 4) is 11.4 Å². The Hall–Kier alpha value is -1.53. The zero-order valence-corrected chi connectivity index (χ0v) is 13.1. The van der Waals surface area contributed by atoms with Crippen LogP contribution in [0.5, 0.6) is 0 Å². The lowest BCUT2D eigenvalue weighted by atomic mass is 10.2. The molecule has 1 fully saturated rings. The molecule has 1 aliphatic rings. The number of aromatic nitrogens is 4. The molecular weight excluding hydrogens is 282 g/mol. The Kier molecular flexibility index (Phi) is 4.45. The van der Waals surface area contributed by atoms with E-state index in [1.807, 2.05) is 12.1 Å². The molecule has 0 aliphatic heterocycles. The summed E-state index contributed by atoms with van der Waals surface area (Å²) < 4.78 is 2.76. The highest BCUT2D eigenvalue weighted by Crippen LogP contribution is 2.22. The largest absolute Gasteiger partial charge is 0.302 e. The Morgan fingerprint density at radius 2 is 2.05 bits per heavy atom. The molecule has 21 heavy (non-hydrogen) atoms. The molecular formula is C15H21N5S. The van der Waals surface area contributed by atoms with Crippen LogP contribution in [0.15, 0.2) is 24.5 Å². The molecule has 1 N–H and O–H groups in total. The van der Waals surface area contributed by atoms with Gasteiger partial charge in [-0.1, -0.05) is 12.8 Å². The van der Waals surface area contributed by atoms with Gasteiger partial charge in [-0.25, -0.2) is 0 Å². The average Bonchev–Trinajstić information content (AvgIpc) is 3.16. The molecule has 3 rings (SSSR count). The maximum Gasteiger partial charge on any atom is 0.195 e. The van der Waals surface area contributed by atoms with Crippen molar-refractivity contribution in [2.45, 2.75) is 38.3 Å². The quantitative estimate of drug-likeness (QED) is 0.863. The fourth-order valence-corrected chi connectivity index (χ4v) is 3.26. The van der Waals surface area contributed by atoms with Gasteiger partial charge in [0.25, 0.3) is 0 Å². The van der Waals surface area contributed by atoms with Crippen LogP contribution in [0.1, 0.15) is 25.7 Å². The topological polar surface area (TPSA) is 49.7 Å². The van der Waals surface area contributed by atoms with E-state index in [0.29, 0.717) is 4.77 Å². The third kappa shape index (κ3) is 3.22. The van der Waals surface area contributed by atoms with Crippen LogP contribution in [0.3, 0.4) is 0 Å². The first-order chi connectivity index (χ1) is 10.3. The SMILES string of the molecule is CN(CCn1c(-c2ccncc2)n[nH]c1=S)C1CCCC1. The van der Waals surface area contributed by atoms with E-state index in [-0.39, 0.29) is 0 Å². The standard InChI is InChI=1S/C15H21N5S/c1-19(13-4-2-3-5-13)10-11-20-14(17-18-15(20)21)12-6-8-16-9-7-12/h6-9,13H,2-5,10-11H2,1H3,(H,18,21). The summed E-state index contributed by atoms with van der Waals surface area (Å²) >= 11 is 5.37. The summed E-state index contributed by atoms with van der Waals surface area (Å²) in [5.41, 5.74) is 1.04. The maximum absolute atomic E-state index is 5.37. The normalized spacial score (nSPS) is 15.9. The molecule has 0 saturated heterocycles. The average molecular weight is 303 g/mol. The zero-order chi connectivity index (χ0) is 14.7. The molecule has 112 valence electrons. The van der Waals surface area contributed by atoms with Crippen molar-refractivity contribution in [2.24, 2.45) is 0 Å². The summed E-state index contributed by atoms with van der Waals surface area (Å²) in [6.45, 7) is 1.86. The van der Waals surface area contributed by atoms with E-state index >= 15 is 0 Å². The Labute approximate surface area is 130 Å². The molecule has 0 aromatic carbocycles. The van der Waals surface area contributed by atoms with Crippen LogP contribution >= 0.6 is 12.2 Å². The van der Waals surface area contributed by atoms with E-state index in [2.05, 4.69) is 31.7 Å². The summed E-state index contributed by atoms with van der Waals surface area (Å²) in [5, 5.41) is 7.27. The fraction of sp³-hybridized carbons (Fsp3) is 0.533. The minimum Gasteiger partial charge on any atom is -0.302 e. The van der Waals surface area contributed by atoms with Crippen LogP contribution < -0.4 is 0 Å². The minimum atomic E-state index is 0.682. The molecule has 2 heterocycles. The van der Waals surface area contributed by atoms with Gasteiger partial charge in [0.05, 0.1) is 0 Å². The van der Waals surface area contributed by atoms with Crippen molar-refractivity contribution in [3.05, 3.63) is 29.3 Å². The minimum absolute atomic E-state index is 0.682. The van der Waals surface area contributed by atoms with Crippen molar-refractivity contribution < 1.29 is 0 Å². The van der Waals surface area contributed by atoms with Crippen molar-refractivity contribution in [3.63, 3.8) is 0 Å². The Morgan fingerprint density at radius 3 is 2.76 bits per heavy atom. The second-order valence-electron chi connectivity index (χ2n) is 5.66. The van der Waals surface area contributed by atoms with Crippen LogP contribution in [0, 0.1) is 4.77 Å². The molecule has 5 nitrogen and oxygen atoms in total.